The van der Waals surface area contributed by atoms with Crippen molar-refractivity contribution in [2.24, 2.45) is 0 Å². The number of rotatable bonds is 6. The van der Waals surface area contributed by atoms with Crippen LogP contribution in [0.5, 0.6) is 0 Å². The van der Waals surface area contributed by atoms with Gasteiger partial charge in [0.05, 0.1) is 6.20 Å². The minimum atomic E-state index is -0.174. The second-order valence-electron chi connectivity index (χ2n) is 4.54. The van der Waals surface area contributed by atoms with Gasteiger partial charge >= 0.3 is 0 Å². The molecule has 0 saturated carbocycles. The molecule has 1 heterocycles. The van der Waals surface area contributed by atoms with Crippen LogP contribution in [-0.4, -0.2) is 16.7 Å². The lowest BCUT2D eigenvalue weighted by atomic mass is 10.1. The van der Waals surface area contributed by atoms with Gasteiger partial charge < -0.3 is 5.32 Å². The number of hydrogen-bond donors (Lipinski definition) is 2. The van der Waals surface area contributed by atoms with Gasteiger partial charge in [-0.25, -0.2) is 4.39 Å². The first kappa shape index (κ1) is 14.2. The second kappa shape index (κ2) is 6.82. The summed E-state index contributed by atoms with van der Waals surface area (Å²) in [6.45, 7) is 3.44. The summed E-state index contributed by atoms with van der Waals surface area (Å²) in [5.74, 6) is -0.174. The first-order chi connectivity index (χ1) is 9.16. The summed E-state index contributed by atoms with van der Waals surface area (Å²) in [6, 6.07) is 5.15. The Hall–Kier alpha value is -1.20. The highest BCUT2D eigenvalue weighted by Crippen LogP contribution is 2.15. The molecule has 5 heteroatoms. The average Bonchev–Trinajstić information content (AvgIpc) is 2.77. The van der Waals surface area contributed by atoms with E-state index in [1.54, 1.807) is 6.07 Å². The molecule has 0 fully saturated rings. The van der Waals surface area contributed by atoms with E-state index in [0.29, 0.717) is 12.1 Å². The number of nitrogens with zero attached hydrogens (tertiary/aromatic N) is 1. The van der Waals surface area contributed by atoms with Crippen LogP contribution >= 0.6 is 15.9 Å². The molecule has 0 saturated heterocycles. The van der Waals surface area contributed by atoms with Gasteiger partial charge in [-0.3, -0.25) is 5.10 Å². The zero-order chi connectivity index (χ0) is 13.7. The number of halogens is 2. The van der Waals surface area contributed by atoms with Gasteiger partial charge in [0.2, 0.25) is 0 Å². The Kier molecular flexibility index (Phi) is 5.10. The summed E-state index contributed by atoms with van der Waals surface area (Å²) < 4.78 is 14.3. The van der Waals surface area contributed by atoms with Crippen LogP contribution in [0.25, 0.3) is 0 Å². The fourth-order valence-electron chi connectivity index (χ4n) is 1.92. The standard InChI is InChI=1S/C14H17BrFN3/c1-10-11(9-18-19-10)3-2-6-17-8-12-4-5-13(15)7-14(12)16/h4-5,7,9,17H,2-3,6,8H2,1H3,(H,18,19). The molecule has 0 aliphatic rings. The lowest BCUT2D eigenvalue weighted by Gasteiger charge is -2.06. The number of nitrogens with one attached hydrogen (secondary N) is 2. The monoisotopic (exact) mass is 325 g/mol. The topological polar surface area (TPSA) is 40.7 Å². The maximum absolute atomic E-state index is 13.6. The van der Waals surface area contributed by atoms with Crippen LogP contribution < -0.4 is 5.32 Å². The number of H-pyrrole nitrogens is 1. The Morgan fingerprint density at radius 1 is 1.37 bits per heavy atom. The normalized spacial score (nSPS) is 10.9. The van der Waals surface area contributed by atoms with Crippen molar-refractivity contribution in [1.29, 1.82) is 0 Å². The van der Waals surface area contributed by atoms with Crippen molar-refractivity contribution in [3.05, 3.63) is 51.5 Å². The Morgan fingerprint density at radius 3 is 2.89 bits per heavy atom. The van der Waals surface area contributed by atoms with Crippen LogP contribution in [0.4, 0.5) is 4.39 Å². The summed E-state index contributed by atoms with van der Waals surface area (Å²) in [5.41, 5.74) is 3.07. The van der Waals surface area contributed by atoms with Gasteiger partial charge in [0, 0.05) is 22.3 Å². The third kappa shape index (κ3) is 4.14. The van der Waals surface area contributed by atoms with Gasteiger partial charge in [0.1, 0.15) is 5.82 Å². The largest absolute Gasteiger partial charge is 0.313 e. The lowest BCUT2D eigenvalue weighted by Crippen LogP contribution is -2.16. The van der Waals surface area contributed by atoms with Gasteiger partial charge in [-0.15, -0.1) is 0 Å². The van der Waals surface area contributed by atoms with E-state index in [4.69, 9.17) is 0 Å². The maximum Gasteiger partial charge on any atom is 0.128 e. The van der Waals surface area contributed by atoms with Crippen molar-refractivity contribution in [3.63, 3.8) is 0 Å². The summed E-state index contributed by atoms with van der Waals surface area (Å²) >= 11 is 3.25. The summed E-state index contributed by atoms with van der Waals surface area (Å²) in [5, 5.41) is 10.2. The molecule has 0 amide bonds. The highest BCUT2D eigenvalue weighted by atomic mass is 79.9. The van der Waals surface area contributed by atoms with Crippen molar-refractivity contribution in [1.82, 2.24) is 15.5 Å². The van der Waals surface area contributed by atoms with E-state index in [1.165, 1.54) is 11.6 Å². The zero-order valence-corrected chi connectivity index (χ0v) is 12.4. The molecule has 0 atom stereocenters. The number of benzene rings is 1. The van der Waals surface area contributed by atoms with Gasteiger partial charge in [-0.2, -0.15) is 5.10 Å². The van der Waals surface area contributed by atoms with Crippen LogP contribution in [0, 0.1) is 12.7 Å². The molecule has 102 valence electrons. The first-order valence-electron chi connectivity index (χ1n) is 6.30. The molecule has 19 heavy (non-hydrogen) atoms. The molecule has 2 N–H and O–H groups in total. The Balaban J connectivity index is 1.71. The van der Waals surface area contributed by atoms with E-state index in [1.807, 2.05) is 19.2 Å². The number of aryl methyl sites for hydroxylation is 2. The second-order valence-corrected chi connectivity index (χ2v) is 5.45. The van der Waals surface area contributed by atoms with Crippen molar-refractivity contribution in [3.8, 4) is 0 Å². The van der Waals surface area contributed by atoms with E-state index in [0.717, 1.165) is 29.6 Å². The highest BCUT2D eigenvalue weighted by molar-refractivity contribution is 9.10. The van der Waals surface area contributed by atoms with Crippen molar-refractivity contribution >= 4 is 15.9 Å². The molecule has 0 bridgehead atoms. The predicted molar refractivity (Wildman–Crippen MR) is 77.5 cm³/mol. The van der Waals surface area contributed by atoms with Crippen molar-refractivity contribution in [2.75, 3.05) is 6.54 Å². The SMILES string of the molecule is Cc1[nH]ncc1CCCNCc1ccc(Br)cc1F. The van der Waals surface area contributed by atoms with E-state index in [-0.39, 0.29) is 5.82 Å². The van der Waals surface area contributed by atoms with Crippen LogP contribution in [0.3, 0.4) is 0 Å². The maximum atomic E-state index is 13.6. The molecule has 2 rings (SSSR count). The number of aromatic amines is 1. The summed E-state index contributed by atoms with van der Waals surface area (Å²) in [6.07, 6.45) is 3.86. The molecule has 0 spiro atoms. The molecule has 0 aliphatic heterocycles. The average molecular weight is 326 g/mol. The first-order valence-corrected chi connectivity index (χ1v) is 7.09. The highest BCUT2D eigenvalue weighted by Gasteiger charge is 2.03. The number of hydrogen-bond acceptors (Lipinski definition) is 2. The zero-order valence-electron chi connectivity index (χ0n) is 10.8. The van der Waals surface area contributed by atoms with Gasteiger partial charge in [0.25, 0.3) is 0 Å². The summed E-state index contributed by atoms with van der Waals surface area (Å²) in [7, 11) is 0. The van der Waals surface area contributed by atoms with Crippen LogP contribution in [-0.2, 0) is 13.0 Å². The Morgan fingerprint density at radius 2 is 2.21 bits per heavy atom. The fourth-order valence-corrected chi connectivity index (χ4v) is 2.25. The molecule has 0 aliphatic carbocycles. The van der Waals surface area contributed by atoms with E-state index in [2.05, 4.69) is 31.4 Å². The molecular weight excluding hydrogens is 309 g/mol. The molecule has 0 radical (unpaired) electrons. The third-order valence-corrected chi connectivity index (χ3v) is 3.56. The van der Waals surface area contributed by atoms with Gasteiger partial charge in [-0.05, 0) is 44.0 Å². The predicted octanol–water partition coefficient (Wildman–Crippen LogP) is 3.34. The van der Waals surface area contributed by atoms with Crippen LogP contribution in [0.15, 0.2) is 28.9 Å². The van der Waals surface area contributed by atoms with Crippen molar-refractivity contribution in [2.45, 2.75) is 26.3 Å². The van der Waals surface area contributed by atoms with Crippen LogP contribution in [0.1, 0.15) is 23.2 Å². The molecule has 3 nitrogen and oxygen atoms in total. The lowest BCUT2D eigenvalue weighted by molar-refractivity contribution is 0.581. The van der Waals surface area contributed by atoms with Crippen molar-refractivity contribution < 1.29 is 4.39 Å². The van der Waals surface area contributed by atoms with Gasteiger partial charge in [-0.1, -0.05) is 22.0 Å². The molecule has 0 unspecified atom stereocenters. The molecule has 1 aromatic carbocycles. The summed E-state index contributed by atoms with van der Waals surface area (Å²) in [4.78, 5) is 0. The van der Waals surface area contributed by atoms with E-state index >= 15 is 0 Å². The fraction of sp³-hybridized carbons (Fsp3) is 0.357. The molecule has 2 aromatic rings. The Labute approximate surface area is 120 Å². The van der Waals surface area contributed by atoms with E-state index < -0.39 is 0 Å². The van der Waals surface area contributed by atoms with Gasteiger partial charge in [0.15, 0.2) is 0 Å². The van der Waals surface area contributed by atoms with Crippen LogP contribution in [0.2, 0.25) is 0 Å². The molecular formula is C14H17BrFN3. The van der Waals surface area contributed by atoms with E-state index in [9.17, 15) is 4.39 Å². The molecule has 1 aromatic heterocycles. The third-order valence-electron chi connectivity index (χ3n) is 3.06. The number of aromatic nitrogens is 2. The minimum absolute atomic E-state index is 0.174. The quantitative estimate of drug-likeness (QED) is 0.800. The minimum Gasteiger partial charge on any atom is -0.313 e. The smallest absolute Gasteiger partial charge is 0.128 e. The Bertz CT molecular complexity index is 539.